The molecule has 2 atom stereocenters. The first-order chi connectivity index (χ1) is 11.7. The van der Waals surface area contributed by atoms with Gasteiger partial charge < -0.3 is 10.1 Å². The Hall–Kier alpha value is -1.94. The highest BCUT2D eigenvalue weighted by molar-refractivity contribution is 7.09. The van der Waals surface area contributed by atoms with Gasteiger partial charge in [-0.25, -0.2) is 4.98 Å². The molecule has 1 N–H and O–H groups in total. The summed E-state index contributed by atoms with van der Waals surface area (Å²) >= 11 is 1.82. The third-order valence-electron chi connectivity index (χ3n) is 4.78. The number of nitrogens with zero attached hydrogens (tertiary/aromatic N) is 3. The van der Waals surface area contributed by atoms with E-state index in [1.807, 2.05) is 23.5 Å². The first-order valence-electron chi connectivity index (χ1n) is 8.27. The summed E-state index contributed by atoms with van der Waals surface area (Å²) in [5.74, 6) is 0.758. The number of ether oxygens (including phenoxy) is 1. The summed E-state index contributed by atoms with van der Waals surface area (Å²) in [6.07, 6.45) is 2.08. The lowest BCUT2D eigenvalue weighted by Gasteiger charge is -2.23. The monoisotopic (exact) mass is 340 g/mol. The molecule has 4 rings (SSSR count). The molecule has 2 aliphatic rings. The Morgan fingerprint density at radius 1 is 1.42 bits per heavy atom. The Morgan fingerprint density at radius 2 is 2.38 bits per heavy atom. The van der Waals surface area contributed by atoms with Crippen LogP contribution < -0.4 is 5.32 Å². The lowest BCUT2D eigenvalue weighted by molar-refractivity contribution is 0.0120. The number of aromatic nitrogens is 1. The summed E-state index contributed by atoms with van der Waals surface area (Å²) in [5, 5.41) is 14.5. The van der Waals surface area contributed by atoms with E-state index in [2.05, 4.69) is 38.8 Å². The predicted molar refractivity (Wildman–Crippen MR) is 93.9 cm³/mol. The molecular formula is C18H20N4OS. The topological polar surface area (TPSA) is 61.2 Å². The summed E-state index contributed by atoms with van der Waals surface area (Å²) in [6, 6.07) is 12.1. The minimum absolute atomic E-state index is 0.0260. The van der Waals surface area contributed by atoms with Gasteiger partial charge in [0.1, 0.15) is 17.6 Å². The van der Waals surface area contributed by atoms with Crippen LogP contribution in [-0.4, -0.2) is 41.2 Å². The third-order valence-corrected chi connectivity index (χ3v) is 5.64. The Labute approximate surface area is 145 Å². The molecule has 0 radical (unpaired) electrons. The Kier molecular flexibility index (Phi) is 4.23. The van der Waals surface area contributed by atoms with Gasteiger partial charge in [0.15, 0.2) is 0 Å². The van der Waals surface area contributed by atoms with E-state index in [0.29, 0.717) is 12.3 Å². The first kappa shape index (κ1) is 15.6. The van der Waals surface area contributed by atoms with Crippen molar-refractivity contribution in [1.82, 2.24) is 9.88 Å². The Morgan fingerprint density at radius 3 is 3.21 bits per heavy atom. The molecule has 124 valence electrons. The van der Waals surface area contributed by atoms with Crippen LogP contribution in [0.1, 0.15) is 23.4 Å². The Balaban J connectivity index is 1.35. The molecule has 2 fully saturated rings. The second-order valence-corrected chi connectivity index (χ2v) is 7.63. The van der Waals surface area contributed by atoms with Crippen molar-refractivity contribution in [3.05, 3.63) is 46.3 Å². The van der Waals surface area contributed by atoms with E-state index in [9.17, 15) is 0 Å². The maximum atomic E-state index is 8.96. The van der Waals surface area contributed by atoms with Crippen LogP contribution in [0.4, 0.5) is 5.82 Å². The van der Waals surface area contributed by atoms with Gasteiger partial charge in [0.25, 0.3) is 0 Å². The summed E-state index contributed by atoms with van der Waals surface area (Å²) in [6.45, 7) is 3.81. The molecule has 0 aliphatic carbocycles. The highest BCUT2D eigenvalue weighted by Crippen LogP contribution is 2.36. The minimum Gasteiger partial charge on any atom is -0.371 e. The van der Waals surface area contributed by atoms with E-state index in [4.69, 9.17) is 10.00 Å². The molecule has 6 heteroatoms. The number of hydrogen-bond donors (Lipinski definition) is 1. The second-order valence-electron chi connectivity index (χ2n) is 6.60. The van der Waals surface area contributed by atoms with Crippen molar-refractivity contribution in [2.75, 3.05) is 25.0 Å². The lowest BCUT2D eigenvalue weighted by Crippen LogP contribution is -2.33. The molecule has 0 unspecified atom stereocenters. The van der Waals surface area contributed by atoms with Crippen molar-refractivity contribution in [3.8, 4) is 6.07 Å². The normalized spacial score (nSPS) is 26.7. The second kappa shape index (κ2) is 6.52. The molecule has 0 bridgehead atoms. The highest BCUT2D eigenvalue weighted by Gasteiger charge is 2.45. The SMILES string of the molecule is N#Cc1cccc(N[C@H]2CO[C@]3(CCN(Cc4cccs4)C3)C2)n1. The van der Waals surface area contributed by atoms with Crippen molar-refractivity contribution in [1.29, 1.82) is 5.26 Å². The van der Waals surface area contributed by atoms with Gasteiger partial charge in [-0.3, -0.25) is 4.90 Å². The molecule has 2 aromatic rings. The van der Waals surface area contributed by atoms with Crippen LogP contribution in [0, 0.1) is 11.3 Å². The number of rotatable bonds is 4. The van der Waals surface area contributed by atoms with Crippen LogP contribution in [0.3, 0.4) is 0 Å². The fourth-order valence-corrected chi connectivity index (χ4v) is 4.44. The van der Waals surface area contributed by atoms with Gasteiger partial charge in [-0.05, 0) is 30.0 Å². The molecule has 2 aliphatic heterocycles. The van der Waals surface area contributed by atoms with E-state index >= 15 is 0 Å². The van der Waals surface area contributed by atoms with Crippen LogP contribution in [0.2, 0.25) is 0 Å². The zero-order valence-corrected chi connectivity index (χ0v) is 14.3. The van der Waals surface area contributed by atoms with E-state index in [1.54, 1.807) is 6.07 Å². The fraction of sp³-hybridized carbons (Fsp3) is 0.444. The van der Waals surface area contributed by atoms with E-state index in [1.165, 1.54) is 4.88 Å². The van der Waals surface area contributed by atoms with E-state index < -0.39 is 0 Å². The highest BCUT2D eigenvalue weighted by atomic mass is 32.1. The van der Waals surface area contributed by atoms with Gasteiger partial charge in [-0.1, -0.05) is 12.1 Å². The number of thiophene rings is 1. The maximum absolute atomic E-state index is 8.96. The molecule has 2 aromatic heterocycles. The van der Waals surface area contributed by atoms with Crippen molar-refractivity contribution >= 4 is 17.2 Å². The van der Waals surface area contributed by atoms with Crippen molar-refractivity contribution in [3.63, 3.8) is 0 Å². The standard InChI is InChI=1S/C18H20N4OS/c19-10-14-3-1-5-17(20-14)21-15-9-18(23-12-15)6-7-22(13-18)11-16-4-2-8-24-16/h1-5,8,15H,6-7,9,11-13H2,(H,20,21)/t15-,18-/m1/s1. The average molecular weight is 340 g/mol. The van der Waals surface area contributed by atoms with Crippen molar-refractivity contribution in [2.45, 2.75) is 31.0 Å². The number of hydrogen-bond acceptors (Lipinski definition) is 6. The van der Waals surface area contributed by atoms with Crippen LogP contribution in [-0.2, 0) is 11.3 Å². The zero-order valence-electron chi connectivity index (χ0n) is 13.4. The van der Waals surface area contributed by atoms with Gasteiger partial charge in [-0.2, -0.15) is 5.26 Å². The summed E-state index contributed by atoms with van der Waals surface area (Å²) in [5.41, 5.74) is 0.415. The molecule has 0 aromatic carbocycles. The minimum atomic E-state index is -0.0260. The van der Waals surface area contributed by atoms with Crippen LogP contribution in [0.15, 0.2) is 35.7 Å². The van der Waals surface area contributed by atoms with E-state index in [0.717, 1.165) is 38.3 Å². The quantitative estimate of drug-likeness (QED) is 0.927. The van der Waals surface area contributed by atoms with E-state index in [-0.39, 0.29) is 11.6 Å². The maximum Gasteiger partial charge on any atom is 0.142 e. The van der Waals surface area contributed by atoms with Crippen LogP contribution in [0.25, 0.3) is 0 Å². The smallest absolute Gasteiger partial charge is 0.142 e. The average Bonchev–Trinajstić information content (AvgIpc) is 3.32. The molecule has 5 nitrogen and oxygen atoms in total. The summed E-state index contributed by atoms with van der Waals surface area (Å²) < 4.78 is 6.20. The number of pyridine rings is 1. The number of nitrogens with one attached hydrogen (secondary N) is 1. The molecule has 4 heterocycles. The number of likely N-dealkylation sites (tertiary alicyclic amines) is 1. The molecule has 1 spiro atoms. The molecule has 2 saturated heterocycles. The third kappa shape index (κ3) is 3.29. The van der Waals surface area contributed by atoms with Crippen molar-refractivity contribution < 1.29 is 4.74 Å². The Bertz CT molecular complexity index is 742. The molecule has 24 heavy (non-hydrogen) atoms. The molecule has 0 saturated carbocycles. The largest absolute Gasteiger partial charge is 0.371 e. The predicted octanol–water partition coefficient (Wildman–Crippen LogP) is 2.86. The zero-order chi connectivity index (χ0) is 16.4. The fourth-order valence-electron chi connectivity index (χ4n) is 3.69. The van der Waals surface area contributed by atoms with Crippen molar-refractivity contribution in [2.24, 2.45) is 0 Å². The van der Waals surface area contributed by atoms with Gasteiger partial charge in [0.05, 0.1) is 18.2 Å². The molecular weight excluding hydrogens is 320 g/mol. The lowest BCUT2D eigenvalue weighted by atomic mass is 9.97. The van der Waals surface area contributed by atoms with Gasteiger partial charge in [-0.15, -0.1) is 11.3 Å². The summed E-state index contributed by atoms with van der Waals surface area (Å²) in [7, 11) is 0. The number of anilines is 1. The van der Waals surface area contributed by atoms with Gasteiger partial charge in [0.2, 0.25) is 0 Å². The van der Waals surface area contributed by atoms with Gasteiger partial charge in [0, 0.05) is 30.9 Å². The van der Waals surface area contributed by atoms with Gasteiger partial charge >= 0.3 is 0 Å². The first-order valence-corrected chi connectivity index (χ1v) is 9.15. The summed E-state index contributed by atoms with van der Waals surface area (Å²) in [4.78, 5) is 8.20. The number of nitriles is 1. The molecule has 0 amide bonds. The van der Waals surface area contributed by atoms with Crippen LogP contribution in [0.5, 0.6) is 0 Å². The van der Waals surface area contributed by atoms with Crippen LogP contribution >= 0.6 is 11.3 Å².